The van der Waals surface area contributed by atoms with Crippen LogP contribution in [0.1, 0.15) is 6.92 Å². The maximum absolute atomic E-state index is 13.1. The zero-order chi connectivity index (χ0) is 9.84. The molecule has 0 saturated carbocycles. The molecule has 0 radical (unpaired) electrons. The summed E-state index contributed by atoms with van der Waals surface area (Å²) in [4.78, 5) is 0. The topological polar surface area (TPSA) is 29.5 Å². The van der Waals surface area contributed by atoms with E-state index in [1.54, 1.807) is 13.0 Å². The lowest BCUT2D eigenvalue weighted by atomic mass is 10.3. The summed E-state index contributed by atoms with van der Waals surface area (Å²) >= 11 is 5.51. The van der Waals surface area contributed by atoms with Gasteiger partial charge in [0, 0.05) is 0 Å². The molecule has 72 valence electrons. The molecule has 0 aliphatic carbocycles. The summed E-state index contributed by atoms with van der Waals surface area (Å²) in [5.41, 5.74) is 0. The SMILES string of the molecule is C[C@H](O)COc1cccc(Cl)c1F. The molecule has 0 heterocycles. The number of aliphatic hydroxyl groups excluding tert-OH is 1. The van der Waals surface area contributed by atoms with Gasteiger partial charge < -0.3 is 9.84 Å². The average molecular weight is 205 g/mol. The van der Waals surface area contributed by atoms with Gasteiger partial charge in [-0.2, -0.15) is 0 Å². The van der Waals surface area contributed by atoms with Crippen LogP contribution in [0.2, 0.25) is 5.02 Å². The van der Waals surface area contributed by atoms with Gasteiger partial charge in [-0.25, -0.2) is 4.39 Å². The van der Waals surface area contributed by atoms with E-state index in [9.17, 15) is 4.39 Å². The molecule has 4 heteroatoms. The third-order valence-corrected chi connectivity index (χ3v) is 1.69. The molecule has 0 saturated heterocycles. The fourth-order valence-corrected chi connectivity index (χ4v) is 0.972. The Kier molecular flexibility index (Phi) is 3.51. The normalized spacial score (nSPS) is 12.6. The number of benzene rings is 1. The predicted octanol–water partition coefficient (Wildman–Crippen LogP) is 2.24. The minimum Gasteiger partial charge on any atom is -0.488 e. The number of halogens is 2. The quantitative estimate of drug-likeness (QED) is 0.818. The van der Waals surface area contributed by atoms with Gasteiger partial charge in [0.05, 0.1) is 11.1 Å². The Morgan fingerprint density at radius 1 is 1.62 bits per heavy atom. The highest BCUT2D eigenvalue weighted by Crippen LogP contribution is 2.23. The van der Waals surface area contributed by atoms with Crippen LogP contribution in [0.3, 0.4) is 0 Å². The fourth-order valence-electron chi connectivity index (χ4n) is 0.806. The van der Waals surface area contributed by atoms with Crippen molar-refractivity contribution in [3.8, 4) is 5.75 Å². The minimum absolute atomic E-state index is 0.0168. The summed E-state index contributed by atoms with van der Waals surface area (Å²) < 4.78 is 18.1. The number of aliphatic hydroxyl groups is 1. The van der Waals surface area contributed by atoms with Crippen LogP contribution in [0.15, 0.2) is 18.2 Å². The van der Waals surface area contributed by atoms with Gasteiger partial charge in [0.25, 0.3) is 0 Å². The second-order valence-electron chi connectivity index (χ2n) is 2.71. The Morgan fingerprint density at radius 2 is 2.31 bits per heavy atom. The van der Waals surface area contributed by atoms with Crippen LogP contribution in [0.25, 0.3) is 0 Å². The van der Waals surface area contributed by atoms with E-state index in [0.717, 1.165) is 0 Å². The first-order chi connectivity index (χ1) is 6.11. The van der Waals surface area contributed by atoms with Crippen LogP contribution in [0.4, 0.5) is 4.39 Å². The first-order valence-electron chi connectivity index (χ1n) is 3.86. The summed E-state index contributed by atoms with van der Waals surface area (Å²) in [6.45, 7) is 1.61. The van der Waals surface area contributed by atoms with Gasteiger partial charge >= 0.3 is 0 Å². The Hall–Kier alpha value is -0.800. The molecule has 0 fully saturated rings. The average Bonchev–Trinajstić information content (AvgIpc) is 2.07. The zero-order valence-corrected chi connectivity index (χ0v) is 7.88. The van der Waals surface area contributed by atoms with Crippen molar-refractivity contribution in [3.63, 3.8) is 0 Å². The van der Waals surface area contributed by atoms with Crippen LogP contribution < -0.4 is 4.74 Å². The van der Waals surface area contributed by atoms with Crippen molar-refractivity contribution < 1.29 is 14.2 Å². The van der Waals surface area contributed by atoms with Gasteiger partial charge in [0.15, 0.2) is 11.6 Å². The maximum atomic E-state index is 13.1. The van der Waals surface area contributed by atoms with Crippen molar-refractivity contribution in [2.45, 2.75) is 13.0 Å². The minimum atomic E-state index is -0.626. The zero-order valence-electron chi connectivity index (χ0n) is 7.13. The molecule has 1 N–H and O–H groups in total. The summed E-state index contributed by atoms with van der Waals surface area (Å²) in [5, 5.41) is 8.91. The van der Waals surface area contributed by atoms with Gasteiger partial charge in [-0.1, -0.05) is 17.7 Å². The maximum Gasteiger partial charge on any atom is 0.183 e. The highest BCUT2D eigenvalue weighted by atomic mass is 35.5. The standard InChI is InChI=1S/C9H10ClFO2/c1-6(12)5-13-8-4-2-3-7(10)9(8)11/h2-4,6,12H,5H2,1H3/t6-/m0/s1. The van der Waals surface area contributed by atoms with E-state index in [1.165, 1.54) is 12.1 Å². The van der Waals surface area contributed by atoms with Crippen molar-refractivity contribution in [1.82, 2.24) is 0 Å². The van der Waals surface area contributed by atoms with E-state index in [4.69, 9.17) is 21.4 Å². The van der Waals surface area contributed by atoms with Crippen LogP contribution in [-0.2, 0) is 0 Å². The first-order valence-corrected chi connectivity index (χ1v) is 4.24. The number of hydrogen-bond donors (Lipinski definition) is 1. The van der Waals surface area contributed by atoms with E-state index in [2.05, 4.69) is 0 Å². The Morgan fingerprint density at radius 3 is 2.92 bits per heavy atom. The number of hydrogen-bond acceptors (Lipinski definition) is 2. The van der Waals surface area contributed by atoms with Crippen LogP contribution in [-0.4, -0.2) is 17.8 Å². The van der Waals surface area contributed by atoms with Crippen molar-refractivity contribution in [3.05, 3.63) is 29.0 Å². The van der Waals surface area contributed by atoms with Crippen molar-refractivity contribution in [2.24, 2.45) is 0 Å². The lowest BCUT2D eigenvalue weighted by molar-refractivity contribution is 0.120. The first kappa shape index (κ1) is 10.3. The number of ether oxygens (including phenoxy) is 1. The van der Waals surface area contributed by atoms with E-state index >= 15 is 0 Å². The van der Waals surface area contributed by atoms with Crippen LogP contribution >= 0.6 is 11.6 Å². The van der Waals surface area contributed by atoms with E-state index in [1.807, 2.05) is 0 Å². The number of rotatable bonds is 3. The summed E-state index contributed by atoms with van der Waals surface area (Å²) in [5.74, 6) is -0.529. The van der Waals surface area contributed by atoms with Gasteiger partial charge in [0.2, 0.25) is 0 Å². The van der Waals surface area contributed by atoms with Gasteiger partial charge in [-0.05, 0) is 19.1 Å². The third kappa shape index (κ3) is 2.86. The molecule has 13 heavy (non-hydrogen) atoms. The summed E-state index contributed by atoms with van der Waals surface area (Å²) in [6.07, 6.45) is -0.626. The van der Waals surface area contributed by atoms with E-state index < -0.39 is 11.9 Å². The predicted molar refractivity (Wildman–Crippen MR) is 48.6 cm³/mol. The molecule has 0 aromatic heterocycles. The third-order valence-electron chi connectivity index (χ3n) is 1.40. The smallest absolute Gasteiger partial charge is 0.183 e. The molecule has 1 rings (SSSR count). The van der Waals surface area contributed by atoms with E-state index in [0.29, 0.717) is 0 Å². The fraction of sp³-hybridized carbons (Fsp3) is 0.333. The molecule has 0 aliphatic heterocycles. The molecule has 1 aromatic rings. The Bertz CT molecular complexity index is 289. The lowest BCUT2D eigenvalue weighted by Crippen LogP contribution is -2.13. The monoisotopic (exact) mass is 204 g/mol. The molecule has 1 aromatic carbocycles. The summed E-state index contributed by atoms with van der Waals surface area (Å²) in [6, 6.07) is 4.48. The highest BCUT2D eigenvalue weighted by Gasteiger charge is 2.07. The molecule has 0 bridgehead atoms. The second kappa shape index (κ2) is 4.44. The highest BCUT2D eigenvalue weighted by molar-refractivity contribution is 6.30. The molecule has 0 spiro atoms. The van der Waals surface area contributed by atoms with E-state index in [-0.39, 0.29) is 17.4 Å². The molecule has 0 aliphatic rings. The van der Waals surface area contributed by atoms with Gasteiger partial charge in [-0.15, -0.1) is 0 Å². The summed E-state index contributed by atoms with van der Waals surface area (Å²) in [7, 11) is 0. The van der Waals surface area contributed by atoms with Gasteiger partial charge in [0.1, 0.15) is 6.61 Å². The molecule has 0 unspecified atom stereocenters. The Balaban J connectivity index is 2.71. The molecular formula is C9H10ClFO2. The van der Waals surface area contributed by atoms with Crippen LogP contribution in [0.5, 0.6) is 5.75 Å². The molecule has 0 amide bonds. The van der Waals surface area contributed by atoms with Crippen molar-refractivity contribution >= 4 is 11.6 Å². The largest absolute Gasteiger partial charge is 0.488 e. The Labute approximate surface area is 80.9 Å². The molecule has 1 atom stereocenters. The van der Waals surface area contributed by atoms with Crippen molar-refractivity contribution in [1.29, 1.82) is 0 Å². The second-order valence-corrected chi connectivity index (χ2v) is 3.12. The van der Waals surface area contributed by atoms with Crippen LogP contribution in [0, 0.1) is 5.82 Å². The van der Waals surface area contributed by atoms with Gasteiger partial charge in [-0.3, -0.25) is 0 Å². The molecular weight excluding hydrogens is 195 g/mol. The molecule has 2 nitrogen and oxygen atoms in total. The lowest BCUT2D eigenvalue weighted by Gasteiger charge is -2.08. The van der Waals surface area contributed by atoms with Crippen molar-refractivity contribution in [2.75, 3.05) is 6.61 Å².